The van der Waals surface area contributed by atoms with Crippen molar-refractivity contribution in [2.24, 2.45) is 0 Å². The number of aromatic nitrogens is 2. The molecule has 0 aliphatic heterocycles. The lowest BCUT2D eigenvalue weighted by atomic mass is 10.2. The molecule has 0 aliphatic carbocycles. The van der Waals surface area contributed by atoms with Crippen LogP contribution in [-0.2, 0) is 6.18 Å². The van der Waals surface area contributed by atoms with E-state index in [1.165, 1.54) is 25.1 Å². The highest BCUT2D eigenvalue weighted by atomic mass is 32.1. The summed E-state index contributed by atoms with van der Waals surface area (Å²) in [5.41, 5.74) is -1.72. The Hall–Kier alpha value is -1.96. The molecule has 1 aromatic heterocycles. The maximum Gasteiger partial charge on any atom is 0.416 e. The number of hydrogen-bond donors (Lipinski definition) is 1. The van der Waals surface area contributed by atoms with Crippen LogP contribution in [0.2, 0.25) is 0 Å². The molecule has 2 rings (SSSR count). The van der Waals surface area contributed by atoms with Crippen molar-refractivity contribution in [3.63, 3.8) is 0 Å². The van der Waals surface area contributed by atoms with E-state index in [0.29, 0.717) is 0 Å². The number of nitrogens with zero attached hydrogens (tertiary/aromatic N) is 2. The molecule has 4 nitrogen and oxygen atoms in total. The Morgan fingerprint density at radius 2 is 1.87 bits per heavy atom. The van der Waals surface area contributed by atoms with E-state index in [9.17, 15) is 22.8 Å². The molecule has 2 aromatic rings. The van der Waals surface area contributed by atoms with Crippen molar-refractivity contribution in [2.45, 2.75) is 26.1 Å². The molecule has 0 amide bonds. The quantitative estimate of drug-likeness (QED) is 0.870. The van der Waals surface area contributed by atoms with Crippen LogP contribution >= 0.6 is 12.6 Å². The van der Waals surface area contributed by atoms with Crippen molar-refractivity contribution in [3.05, 3.63) is 62.4 Å². The fourth-order valence-electron chi connectivity index (χ4n) is 2.29. The SMILES string of the molecule is Cc1cc(=O)n([C@H](C)CS)c(=O)n1-c1cccc(C(F)(F)F)c1. The van der Waals surface area contributed by atoms with Crippen molar-refractivity contribution in [3.8, 4) is 5.69 Å². The molecule has 1 heterocycles. The zero-order valence-corrected chi connectivity index (χ0v) is 13.4. The predicted molar refractivity (Wildman–Crippen MR) is 84.6 cm³/mol. The van der Waals surface area contributed by atoms with Gasteiger partial charge in [0.1, 0.15) is 0 Å². The lowest BCUT2D eigenvalue weighted by molar-refractivity contribution is -0.137. The average molecular weight is 344 g/mol. The maximum atomic E-state index is 12.9. The van der Waals surface area contributed by atoms with Gasteiger partial charge in [0.2, 0.25) is 0 Å². The number of rotatable bonds is 3. The molecule has 0 spiro atoms. The number of alkyl halides is 3. The molecule has 0 fully saturated rings. The molecule has 1 aromatic carbocycles. The standard InChI is InChI=1S/C15H15F3N2O2S/c1-9-6-13(21)20(10(2)8-23)14(22)19(9)12-5-3-4-11(7-12)15(16,17)18/h3-7,10,23H,8H2,1-2H3/t10-/m1/s1. The van der Waals surface area contributed by atoms with Crippen molar-refractivity contribution in [1.82, 2.24) is 9.13 Å². The van der Waals surface area contributed by atoms with E-state index in [0.717, 1.165) is 21.3 Å². The minimum atomic E-state index is -4.51. The van der Waals surface area contributed by atoms with E-state index < -0.39 is 29.0 Å². The van der Waals surface area contributed by atoms with Crippen LogP contribution in [0.25, 0.3) is 5.69 Å². The highest BCUT2D eigenvalue weighted by Gasteiger charge is 2.30. The second-order valence-electron chi connectivity index (χ2n) is 5.19. The zero-order valence-electron chi connectivity index (χ0n) is 12.5. The van der Waals surface area contributed by atoms with Crippen molar-refractivity contribution >= 4 is 12.6 Å². The largest absolute Gasteiger partial charge is 0.416 e. The summed E-state index contributed by atoms with van der Waals surface area (Å²) in [4.78, 5) is 24.6. The molecule has 0 radical (unpaired) electrons. The summed E-state index contributed by atoms with van der Waals surface area (Å²) >= 11 is 4.07. The van der Waals surface area contributed by atoms with E-state index >= 15 is 0 Å². The lowest BCUT2D eigenvalue weighted by Crippen LogP contribution is -2.42. The van der Waals surface area contributed by atoms with Gasteiger partial charge in [0.25, 0.3) is 5.56 Å². The number of benzene rings is 1. The van der Waals surface area contributed by atoms with Crippen molar-refractivity contribution < 1.29 is 13.2 Å². The van der Waals surface area contributed by atoms with Crippen LogP contribution < -0.4 is 11.2 Å². The Labute approximate surface area is 135 Å². The predicted octanol–water partition coefficient (Wildman–Crippen LogP) is 2.82. The Morgan fingerprint density at radius 1 is 1.22 bits per heavy atom. The first kappa shape index (κ1) is 17.4. The second kappa shape index (κ2) is 6.27. The second-order valence-corrected chi connectivity index (χ2v) is 5.56. The first-order chi connectivity index (χ1) is 10.7. The van der Waals surface area contributed by atoms with Gasteiger partial charge in [-0.05, 0) is 32.0 Å². The van der Waals surface area contributed by atoms with Gasteiger partial charge in [0, 0.05) is 23.6 Å². The average Bonchev–Trinajstić information content (AvgIpc) is 2.45. The third kappa shape index (κ3) is 3.36. The van der Waals surface area contributed by atoms with Gasteiger partial charge in [-0.3, -0.25) is 13.9 Å². The van der Waals surface area contributed by atoms with Crippen LogP contribution in [-0.4, -0.2) is 14.9 Å². The number of thiol groups is 1. The van der Waals surface area contributed by atoms with E-state index in [4.69, 9.17) is 0 Å². The minimum Gasteiger partial charge on any atom is -0.269 e. The fraction of sp³-hybridized carbons (Fsp3) is 0.333. The summed E-state index contributed by atoms with van der Waals surface area (Å²) in [6.07, 6.45) is -4.51. The Kier molecular flexibility index (Phi) is 4.74. The molecular weight excluding hydrogens is 329 g/mol. The van der Waals surface area contributed by atoms with Gasteiger partial charge in [-0.25, -0.2) is 4.79 Å². The van der Waals surface area contributed by atoms with Gasteiger partial charge in [0.05, 0.1) is 11.3 Å². The van der Waals surface area contributed by atoms with Crippen LogP contribution in [0, 0.1) is 6.92 Å². The smallest absolute Gasteiger partial charge is 0.269 e. The first-order valence-corrected chi connectivity index (χ1v) is 7.43. The monoisotopic (exact) mass is 344 g/mol. The third-order valence-corrected chi connectivity index (χ3v) is 3.98. The first-order valence-electron chi connectivity index (χ1n) is 6.80. The van der Waals surface area contributed by atoms with Crippen LogP contribution in [0.15, 0.2) is 39.9 Å². The minimum absolute atomic E-state index is 0.0578. The van der Waals surface area contributed by atoms with Crippen molar-refractivity contribution in [1.29, 1.82) is 0 Å². The van der Waals surface area contributed by atoms with Crippen LogP contribution in [0.4, 0.5) is 13.2 Å². The third-order valence-electron chi connectivity index (χ3n) is 3.46. The maximum absolute atomic E-state index is 12.9. The van der Waals surface area contributed by atoms with Gasteiger partial charge < -0.3 is 0 Å². The van der Waals surface area contributed by atoms with Crippen LogP contribution in [0.1, 0.15) is 24.2 Å². The number of halogens is 3. The van der Waals surface area contributed by atoms with Gasteiger partial charge in [-0.1, -0.05) is 6.07 Å². The van der Waals surface area contributed by atoms with Crippen LogP contribution in [0.3, 0.4) is 0 Å². The normalized spacial score (nSPS) is 13.1. The summed E-state index contributed by atoms with van der Waals surface area (Å²) in [6.45, 7) is 3.14. The fourth-order valence-corrected chi connectivity index (χ4v) is 2.45. The molecule has 8 heteroatoms. The van der Waals surface area contributed by atoms with Gasteiger partial charge in [-0.15, -0.1) is 0 Å². The van der Waals surface area contributed by atoms with E-state index in [1.807, 2.05) is 0 Å². The molecule has 0 saturated carbocycles. The van der Waals surface area contributed by atoms with Crippen LogP contribution in [0.5, 0.6) is 0 Å². The summed E-state index contributed by atoms with van der Waals surface area (Å²) in [5, 5.41) is 0. The molecule has 0 saturated heterocycles. The van der Waals surface area contributed by atoms with Gasteiger partial charge in [-0.2, -0.15) is 25.8 Å². The Bertz CT molecular complexity index is 840. The molecule has 0 aliphatic rings. The topological polar surface area (TPSA) is 44.0 Å². The lowest BCUT2D eigenvalue weighted by Gasteiger charge is -2.17. The van der Waals surface area contributed by atoms with E-state index in [1.54, 1.807) is 6.92 Å². The molecule has 0 N–H and O–H groups in total. The summed E-state index contributed by atoms with van der Waals surface area (Å²) in [5.74, 6) is 0.251. The van der Waals surface area contributed by atoms with E-state index in [-0.39, 0.29) is 17.1 Å². The Balaban J connectivity index is 2.75. The molecule has 0 bridgehead atoms. The zero-order chi connectivity index (χ0) is 17.4. The number of hydrogen-bond acceptors (Lipinski definition) is 3. The Morgan fingerprint density at radius 3 is 2.43 bits per heavy atom. The molecular formula is C15H15F3N2O2S. The summed E-state index contributed by atoms with van der Waals surface area (Å²) in [6, 6.07) is 5.17. The highest BCUT2D eigenvalue weighted by molar-refractivity contribution is 7.80. The van der Waals surface area contributed by atoms with E-state index in [2.05, 4.69) is 12.6 Å². The summed E-state index contributed by atoms with van der Waals surface area (Å²) < 4.78 is 40.7. The number of aryl methyl sites for hydroxylation is 1. The molecule has 124 valence electrons. The summed E-state index contributed by atoms with van der Waals surface area (Å²) in [7, 11) is 0. The molecule has 23 heavy (non-hydrogen) atoms. The highest BCUT2D eigenvalue weighted by Crippen LogP contribution is 2.30. The van der Waals surface area contributed by atoms with Crippen molar-refractivity contribution in [2.75, 3.05) is 5.75 Å². The van der Waals surface area contributed by atoms with Gasteiger partial charge >= 0.3 is 11.9 Å². The molecule has 1 atom stereocenters. The van der Waals surface area contributed by atoms with Gasteiger partial charge in [0.15, 0.2) is 0 Å². The molecule has 0 unspecified atom stereocenters.